The van der Waals surface area contributed by atoms with Gasteiger partial charge in [0.05, 0.1) is 16.7 Å². The molecule has 9 nitrogen and oxygen atoms in total. The van der Waals surface area contributed by atoms with Gasteiger partial charge < -0.3 is 19.5 Å². The minimum absolute atomic E-state index is 0.0769. The molecule has 2 aromatic carbocycles. The number of nitrogens with one attached hydrogen (secondary N) is 1. The van der Waals surface area contributed by atoms with Crippen molar-refractivity contribution < 1.29 is 19.0 Å². The summed E-state index contributed by atoms with van der Waals surface area (Å²) < 4.78 is 21.5. The number of anilines is 1. The fourth-order valence-corrected chi connectivity index (χ4v) is 5.93. The van der Waals surface area contributed by atoms with Crippen molar-refractivity contribution in [1.82, 2.24) is 20.2 Å². The lowest BCUT2D eigenvalue weighted by molar-refractivity contribution is -0.146. The number of hydrogen-bond donors (Lipinski definition) is 1. The number of ether oxygens (including phenoxy) is 3. The van der Waals surface area contributed by atoms with Crippen LogP contribution >= 0.6 is 31.9 Å². The smallest absolute Gasteiger partial charge is 0.338 e. The molecule has 0 radical (unpaired) electrons. The number of esters is 1. The van der Waals surface area contributed by atoms with Crippen LogP contribution in [0.25, 0.3) is 0 Å². The van der Waals surface area contributed by atoms with Gasteiger partial charge in [-0.1, -0.05) is 39.6 Å². The van der Waals surface area contributed by atoms with Crippen LogP contribution in [0, 0.1) is 0 Å². The van der Waals surface area contributed by atoms with Crippen LogP contribution in [0.5, 0.6) is 11.5 Å². The zero-order valence-electron chi connectivity index (χ0n) is 21.2. The predicted octanol–water partition coefficient (Wildman–Crippen LogP) is 6.34. The summed E-state index contributed by atoms with van der Waals surface area (Å²) in [5, 5.41) is 15.3. The first-order valence-electron chi connectivity index (χ1n) is 12.7. The lowest BCUT2D eigenvalue weighted by Gasteiger charge is -2.30. The maximum Gasteiger partial charge on any atom is 0.338 e. The van der Waals surface area contributed by atoms with Gasteiger partial charge in [0.2, 0.25) is 5.95 Å². The van der Waals surface area contributed by atoms with E-state index in [2.05, 4.69) is 52.7 Å². The van der Waals surface area contributed by atoms with Gasteiger partial charge in [0, 0.05) is 10.2 Å². The Hall–Kier alpha value is -2.92. The predicted molar refractivity (Wildman–Crippen MR) is 149 cm³/mol. The molecule has 5 rings (SSSR count). The Morgan fingerprint density at radius 2 is 1.95 bits per heavy atom. The van der Waals surface area contributed by atoms with Crippen LogP contribution in [0.4, 0.5) is 5.95 Å². The van der Waals surface area contributed by atoms with Crippen molar-refractivity contribution in [2.24, 2.45) is 0 Å². The monoisotopic (exact) mass is 645 g/mol. The summed E-state index contributed by atoms with van der Waals surface area (Å²) in [6, 6.07) is 11.1. The molecule has 1 aliphatic carbocycles. The zero-order chi connectivity index (χ0) is 26.6. The summed E-state index contributed by atoms with van der Waals surface area (Å²) in [5.74, 6) is 1.22. The minimum atomic E-state index is -0.605. The molecular formula is C27H29Br2N5O4. The minimum Gasteiger partial charge on any atom is -0.490 e. The molecule has 11 heteroatoms. The fourth-order valence-electron chi connectivity index (χ4n) is 4.91. The maximum atomic E-state index is 13.6. The molecule has 1 fully saturated rings. The first kappa shape index (κ1) is 26.7. The second kappa shape index (κ2) is 11.9. The number of carbonyl (C=O) groups is 1. The van der Waals surface area contributed by atoms with Crippen LogP contribution in [0.3, 0.4) is 0 Å². The van der Waals surface area contributed by atoms with Gasteiger partial charge in [-0.05, 0) is 101 Å². The molecule has 0 bridgehead atoms. The third-order valence-electron chi connectivity index (χ3n) is 6.68. The van der Waals surface area contributed by atoms with Crippen molar-refractivity contribution in [1.29, 1.82) is 0 Å². The van der Waals surface area contributed by atoms with Crippen LogP contribution in [0.2, 0.25) is 0 Å². The highest BCUT2D eigenvalue weighted by molar-refractivity contribution is 9.10. The molecule has 3 aromatic rings. The topological polar surface area (TPSA) is 100 Å². The number of halogens is 2. The summed E-state index contributed by atoms with van der Waals surface area (Å²) in [4.78, 5) is 13.6. The van der Waals surface area contributed by atoms with Crippen molar-refractivity contribution in [2.75, 3.05) is 11.9 Å². The van der Waals surface area contributed by atoms with Crippen molar-refractivity contribution in [2.45, 2.75) is 64.7 Å². The second-order valence-corrected chi connectivity index (χ2v) is 11.1. The van der Waals surface area contributed by atoms with E-state index in [1.807, 2.05) is 50.2 Å². The second-order valence-electron chi connectivity index (χ2n) is 9.36. The van der Waals surface area contributed by atoms with E-state index in [0.717, 1.165) is 41.3 Å². The van der Waals surface area contributed by atoms with Crippen molar-refractivity contribution >= 4 is 43.8 Å². The number of carbonyl (C=O) groups excluding carboxylic acids is 1. The lowest BCUT2D eigenvalue weighted by Crippen LogP contribution is -2.32. The van der Waals surface area contributed by atoms with Gasteiger partial charge in [-0.25, -0.2) is 4.79 Å². The molecule has 0 amide bonds. The Kier molecular flexibility index (Phi) is 8.32. The summed E-state index contributed by atoms with van der Waals surface area (Å²) in [6.07, 6.45) is 5.01. The van der Waals surface area contributed by atoms with E-state index >= 15 is 0 Å². The number of tetrazole rings is 1. The summed E-state index contributed by atoms with van der Waals surface area (Å²) in [6.45, 7) is 4.56. The molecule has 38 heavy (non-hydrogen) atoms. The normalized spacial score (nSPS) is 17.5. The number of fused-ring (bicyclic) bond motifs is 1. The molecule has 0 saturated heterocycles. The van der Waals surface area contributed by atoms with Gasteiger partial charge in [-0.2, -0.15) is 4.68 Å². The molecule has 1 aromatic heterocycles. The van der Waals surface area contributed by atoms with Crippen molar-refractivity contribution in [3.63, 3.8) is 0 Å². The lowest BCUT2D eigenvalue weighted by atomic mass is 9.94. The average molecular weight is 647 g/mol. The van der Waals surface area contributed by atoms with Gasteiger partial charge in [-0.3, -0.25) is 0 Å². The van der Waals surface area contributed by atoms with Crippen molar-refractivity contribution in [3.05, 3.63) is 67.7 Å². The molecule has 1 atom stereocenters. The Bertz CT molecular complexity index is 1350. The first-order chi connectivity index (χ1) is 18.4. The van der Waals surface area contributed by atoms with Crippen LogP contribution < -0.4 is 14.8 Å². The van der Waals surface area contributed by atoms with E-state index in [0.29, 0.717) is 46.4 Å². The Morgan fingerprint density at radius 3 is 2.71 bits per heavy atom. The number of nitrogens with zero attached hydrogens (tertiary/aromatic N) is 4. The molecular weight excluding hydrogens is 618 g/mol. The molecule has 1 unspecified atom stereocenters. The number of allylic oxidation sites excluding steroid dienone is 1. The van der Waals surface area contributed by atoms with Crippen LogP contribution in [0.15, 0.2) is 56.6 Å². The van der Waals surface area contributed by atoms with Gasteiger partial charge in [0.25, 0.3) is 0 Å². The molecule has 0 spiro atoms. The van der Waals surface area contributed by atoms with E-state index in [4.69, 9.17) is 14.2 Å². The van der Waals surface area contributed by atoms with Gasteiger partial charge >= 0.3 is 5.97 Å². The summed E-state index contributed by atoms with van der Waals surface area (Å²) in [7, 11) is 0. The number of rotatable bonds is 8. The SMILES string of the molecule is CCOc1cc(C2C(C(=O)OC3CCCCC3)=C(C)Nc3nnnn32)cc(Br)c1OCc1cccc(Br)c1. The number of hydrogen-bond acceptors (Lipinski definition) is 8. The standard InChI is InChI=1S/C27H29Br2N5O4/c1-3-36-22-14-18(13-21(29)25(22)37-15-17-8-7-9-19(28)12-17)24-23(16(2)30-27-31-32-33-34(24)27)26(35)38-20-10-5-4-6-11-20/h7-9,12-14,20,24H,3-6,10-11,15H2,1-2H3,(H,30,31,33). The van der Waals surface area contributed by atoms with E-state index in [1.165, 1.54) is 6.42 Å². The summed E-state index contributed by atoms with van der Waals surface area (Å²) >= 11 is 7.19. The Labute approximate surface area is 238 Å². The van der Waals surface area contributed by atoms with Crippen LogP contribution in [-0.4, -0.2) is 38.9 Å². The van der Waals surface area contributed by atoms with Crippen molar-refractivity contribution in [3.8, 4) is 11.5 Å². The highest BCUT2D eigenvalue weighted by atomic mass is 79.9. The van der Waals surface area contributed by atoms with Crippen LogP contribution in [-0.2, 0) is 16.1 Å². The molecule has 1 saturated carbocycles. The third-order valence-corrected chi connectivity index (χ3v) is 7.76. The van der Waals surface area contributed by atoms with Gasteiger partial charge in [0.1, 0.15) is 18.8 Å². The molecule has 2 heterocycles. The zero-order valence-corrected chi connectivity index (χ0v) is 24.4. The Balaban J connectivity index is 1.50. The molecule has 1 N–H and O–H groups in total. The highest BCUT2D eigenvalue weighted by Crippen LogP contribution is 2.43. The third kappa shape index (κ3) is 5.73. The maximum absolute atomic E-state index is 13.6. The van der Waals surface area contributed by atoms with E-state index in [9.17, 15) is 4.79 Å². The molecule has 200 valence electrons. The highest BCUT2D eigenvalue weighted by Gasteiger charge is 2.37. The average Bonchev–Trinajstić information content (AvgIpc) is 3.36. The quantitative estimate of drug-likeness (QED) is 0.283. The number of aromatic nitrogens is 4. The molecule has 1 aliphatic heterocycles. The van der Waals surface area contributed by atoms with Gasteiger partial charge in [0.15, 0.2) is 11.5 Å². The summed E-state index contributed by atoms with van der Waals surface area (Å²) in [5.41, 5.74) is 2.90. The van der Waals surface area contributed by atoms with E-state index in [1.54, 1.807) is 4.68 Å². The number of benzene rings is 2. The molecule has 2 aliphatic rings. The fraction of sp³-hybridized carbons (Fsp3) is 0.407. The van der Waals surface area contributed by atoms with E-state index < -0.39 is 6.04 Å². The first-order valence-corrected chi connectivity index (χ1v) is 14.3. The van der Waals surface area contributed by atoms with Gasteiger partial charge in [-0.15, -0.1) is 0 Å². The largest absolute Gasteiger partial charge is 0.490 e. The Morgan fingerprint density at radius 1 is 1.13 bits per heavy atom. The van der Waals surface area contributed by atoms with Crippen LogP contribution in [0.1, 0.15) is 63.1 Å². The van der Waals surface area contributed by atoms with E-state index in [-0.39, 0.29) is 12.1 Å².